The fourth-order valence-corrected chi connectivity index (χ4v) is 2.12. The van der Waals surface area contributed by atoms with Crippen LogP contribution in [0.3, 0.4) is 0 Å². The lowest BCUT2D eigenvalue weighted by Crippen LogP contribution is -2.27. The van der Waals surface area contributed by atoms with Crippen LogP contribution in [0.1, 0.15) is 5.56 Å². The van der Waals surface area contributed by atoms with Crippen molar-refractivity contribution in [3.8, 4) is 0 Å². The first-order valence-corrected chi connectivity index (χ1v) is 6.76. The number of nitrogens with one attached hydrogen (secondary N) is 2. The predicted molar refractivity (Wildman–Crippen MR) is 81.0 cm³/mol. The van der Waals surface area contributed by atoms with E-state index < -0.39 is 0 Å². The highest BCUT2D eigenvalue weighted by molar-refractivity contribution is 6.39. The van der Waals surface area contributed by atoms with E-state index in [4.69, 9.17) is 23.2 Å². The molecule has 0 fully saturated rings. The zero-order valence-electron chi connectivity index (χ0n) is 10.6. The molecule has 0 saturated heterocycles. The Hall–Kier alpha value is -1.62. The Balaban J connectivity index is 1.84. The van der Waals surface area contributed by atoms with Crippen molar-refractivity contribution in [2.75, 3.05) is 11.9 Å². The maximum Gasteiger partial charge on any atom is 0.238 e. The normalized spacial score (nSPS) is 10.3. The van der Waals surface area contributed by atoms with Gasteiger partial charge < -0.3 is 10.6 Å². The van der Waals surface area contributed by atoms with E-state index in [0.29, 0.717) is 22.3 Å². The summed E-state index contributed by atoms with van der Waals surface area (Å²) in [5.74, 6) is -0.205. The highest BCUT2D eigenvalue weighted by Crippen LogP contribution is 2.29. The Morgan fingerprint density at radius 2 is 1.90 bits per heavy atom. The average Bonchev–Trinajstić information content (AvgIpc) is 2.44. The third-order valence-corrected chi connectivity index (χ3v) is 3.19. The quantitative estimate of drug-likeness (QED) is 0.892. The number of para-hydroxylation sites is 1. The van der Waals surface area contributed by atoms with Crippen molar-refractivity contribution < 1.29 is 4.79 Å². The lowest BCUT2D eigenvalue weighted by atomic mass is 10.3. The van der Waals surface area contributed by atoms with Crippen molar-refractivity contribution in [2.45, 2.75) is 6.54 Å². The van der Waals surface area contributed by atoms with E-state index in [1.54, 1.807) is 30.6 Å². The number of nitrogens with zero attached hydrogens (tertiary/aromatic N) is 1. The second-order valence-corrected chi connectivity index (χ2v) is 4.92. The van der Waals surface area contributed by atoms with Gasteiger partial charge in [0.15, 0.2) is 0 Å². The van der Waals surface area contributed by atoms with Crippen molar-refractivity contribution in [1.29, 1.82) is 0 Å². The van der Waals surface area contributed by atoms with Gasteiger partial charge in [0.1, 0.15) is 0 Å². The number of rotatable bonds is 5. The molecular formula is C14H13Cl2N3O. The molecule has 0 aliphatic heterocycles. The topological polar surface area (TPSA) is 54.0 Å². The maximum absolute atomic E-state index is 11.8. The molecule has 0 bridgehead atoms. The minimum Gasteiger partial charge on any atom is -0.322 e. The number of carbonyl (C=O) groups is 1. The first-order valence-electron chi connectivity index (χ1n) is 6.00. The van der Waals surface area contributed by atoms with Crippen LogP contribution in [-0.4, -0.2) is 17.4 Å². The second-order valence-electron chi connectivity index (χ2n) is 4.11. The lowest BCUT2D eigenvalue weighted by Gasteiger charge is -2.09. The van der Waals surface area contributed by atoms with E-state index in [0.717, 1.165) is 5.56 Å². The summed E-state index contributed by atoms with van der Waals surface area (Å²) in [6.45, 7) is 0.730. The van der Waals surface area contributed by atoms with Crippen LogP contribution in [0.25, 0.3) is 0 Å². The summed E-state index contributed by atoms with van der Waals surface area (Å²) < 4.78 is 0. The van der Waals surface area contributed by atoms with E-state index in [9.17, 15) is 4.79 Å². The summed E-state index contributed by atoms with van der Waals surface area (Å²) in [5, 5.41) is 6.54. The smallest absolute Gasteiger partial charge is 0.238 e. The molecule has 0 saturated carbocycles. The first-order chi connectivity index (χ1) is 9.66. The fraction of sp³-hybridized carbons (Fsp3) is 0.143. The van der Waals surface area contributed by atoms with Gasteiger partial charge in [-0.15, -0.1) is 0 Å². The third kappa shape index (κ3) is 4.20. The minimum absolute atomic E-state index is 0.163. The van der Waals surface area contributed by atoms with E-state index in [1.807, 2.05) is 12.1 Å². The van der Waals surface area contributed by atoms with Gasteiger partial charge in [0.2, 0.25) is 5.91 Å². The number of anilines is 1. The van der Waals surface area contributed by atoms with Gasteiger partial charge in [0, 0.05) is 18.9 Å². The average molecular weight is 310 g/mol. The van der Waals surface area contributed by atoms with Crippen molar-refractivity contribution in [1.82, 2.24) is 10.3 Å². The molecule has 4 nitrogen and oxygen atoms in total. The molecule has 1 heterocycles. The molecule has 1 aromatic carbocycles. The third-order valence-electron chi connectivity index (χ3n) is 2.56. The molecule has 1 amide bonds. The molecule has 6 heteroatoms. The number of amides is 1. The van der Waals surface area contributed by atoms with Gasteiger partial charge in [-0.25, -0.2) is 0 Å². The van der Waals surface area contributed by atoms with E-state index in [1.165, 1.54) is 0 Å². The summed E-state index contributed by atoms with van der Waals surface area (Å²) in [6, 6.07) is 8.85. The Labute approximate surface area is 127 Å². The van der Waals surface area contributed by atoms with Crippen molar-refractivity contribution in [2.24, 2.45) is 0 Å². The van der Waals surface area contributed by atoms with E-state index >= 15 is 0 Å². The summed E-state index contributed by atoms with van der Waals surface area (Å²) >= 11 is 12.0. The Morgan fingerprint density at radius 1 is 1.15 bits per heavy atom. The molecule has 0 atom stereocenters. The van der Waals surface area contributed by atoms with Crippen molar-refractivity contribution >= 4 is 34.8 Å². The standard InChI is InChI=1S/C14H13Cl2N3O/c15-11-4-1-5-12(16)14(11)19-13(20)9-18-8-10-3-2-6-17-7-10/h1-7,18H,8-9H2,(H,19,20). The van der Waals surface area contributed by atoms with Crippen LogP contribution in [0, 0.1) is 0 Å². The van der Waals surface area contributed by atoms with E-state index in [-0.39, 0.29) is 12.5 Å². The molecule has 0 radical (unpaired) electrons. The number of halogens is 2. The zero-order valence-corrected chi connectivity index (χ0v) is 12.1. The van der Waals surface area contributed by atoms with Gasteiger partial charge in [0.05, 0.1) is 22.3 Å². The lowest BCUT2D eigenvalue weighted by molar-refractivity contribution is -0.115. The molecule has 104 valence electrons. The number of carbonyl (C=O) groups excluding carboxylic acids is 1. The number of hydrogen-bond acceptors (Lipinski definition) is 3. The first kappa shape index (κ1) is 14.8. The molecule has 0 aliphatic rings. The van der Waals surface area contributed by atoms with Gasteiger partial charge in [-0.3, -0.25) is 9.78 Å². The monoisotopic (exact) mass is 309 g/mol. The number of pyridine rings is 1. The Bertz CT molecular complexity index is 570. The van der Waals surface area contributed by atoms with Crippen molar-refractivity contribution in [3.05, 3.63) is 58.3 Å². The molecule has 20 heavy (non-hydrogen) atoms. The fourth-order valence-electron chi connectivity index (χ4n) is 1.62. The molecule has 1 aromatic heterocycles. The Morgan fingerprint density at radius 3 is 2.55 bits per heavy atom. The van der Waals surface area contributed by atoms with Gasteiger partial charge >= 0.3 is 0 Å². The zero-order chi connectivity index (χ0) is 14.4. The highest BCUT2D eigenvalue weighted by Gasteiger charge is 2.09. The summed E-state index contributed by atoms with van der Waals surface area (Å²) in [7, 11) is 0. The molecular weight excluding hydrogens is 297 g/mol. The van der Waals surface area contributed by atoms with Gasteiger partial charge in [-0.1, -0.05) is 35.3 Å². The number of aromatic nitrogens is 1. The summed E-state index contributed by atoms with van der Waals surface area (Å²) in [6.07, 6.45) is 3.45. The predicted octanol–water partition coefficient (Wildman–Crippen LogP) is 3.12. The molecule has 0 spiro atoms. The largest absolute Gasteiger partial charge is 0.322 e. The van der Waals surface area contributed by atoms with Crippen LogP contribution in [-0.2, 0) is 11.3 Å². The molecule has 2 rings (SSSR count). The van der Waals surface area contributed by atoms with Crippen LogP contribution in [0.15, 0.2) is 42.7 Å². The summed E-state index contributed by atoms with van der Waals surface area (Å²) in [4.78, 5) is 15.8. The molecule has 0 unspecified atom stereocenters. The van der Waals surface area contributed by atoms with Crippen LogP contribution < -0.4 is 10.6 Å². The van der Waals surface area contributed by atoms with Gasteiger partial charge in [0.25, 0.3) is 0 Å². The van der Waals surface area contributed by atoms with Crippen molar-refractivity contribution in [3.63, 3.8) is 0 Å². The summed E-state index contributed by atoms with van der Waals surface area (Å²) in [5.41, 5.74) is 1.44. The van der Waals surface area contributed by atoms with Crippen LogP contribution in [0.2, 0.25) is 10.0 Å². The molecule has 2 aromatic rings. The maximum atomic E-state index is 11.8. The Kier molecular flexibility index (Phi) is 5.35. The minimum atomic E-state index is -0.205. The SMILES string of the molecule is O=C(CNCc1cccnc1)Nc1c(Cl)cccc1Cl. The van der Waals surface area contributed by atoms with Crippen LogP contribution in [0.5, 0.6) is 0 Å². The van der Waals surface area contributed by atoms with Gasteiger partial charge in [-0.2, -0.15) is 0 Å². The number of hydrogen-bond donors (Lipinski definition) is 2. The highest BCUT2D eigenvalue weighted by atomic mass is 35.5. The van der Waals surface area contributed by atoms with Gasteiger partial charge in [-0.05, 0) is 23.8 Å². The van der Waals surface area contributed by atoms with Crippen LogP contribution in [0.4, 0.5) is 5.69 Å². The van der Waals surface area contributed by atoms with E-state index in [2.05, 4.69) is 15.6 Å². The molecule has 2 N–H and O–H groups in total. The van der Waals surface area contributed by atoms with Crippen LogP contribution >= 0.6 is 23.2 Å². The number of benzene rings is 1. The molecule has 0 aliphatic carbocycles. The second kappa shape index (κ2) is 7.24.